The normalized spacial score (nSPS) is 19.2. The number of hydrogen-bond donors (Lipinski definition) is 3. The largest absolute Gasteiger partial charge is 0.497 e. The number of benzene rings is 2. The lowest BCUT2D eigenvalue weighted by molar-refractivity contribution is -0.132. The van der Waals surface area contributed by atoms with Crippen molar-refractivity contribution in [3.8, 4) is 35.6 Å². The van der Waals surface area contributed by atoms with Gasteiger partial charge in [0, 0.05) is 36.0 Å². The van der Waals surface area contributed by atoms with E-state index in [4.69, 9.17) is 19.2 Å². The zero-order valence-electron chi connectivity index (χ0n) is 40.4. The summed E-state index contributed by atoms with van der Waals surface area (Å²) in [4.78, 5) is 49.2. The molecular weight excluding hydrogens is 892 g/mol. The van der Waals surface area contributed by atoms with E-state index in [1.165, 1.54) is 36.8 Å². The number of nitrogens with zero attached hydrogens (tertiary/aromatic N) is 2. The minimum Gasteiger partial charge on any atom is -0.497 e. The standard InChI is InChI=1S/C28H33N3O5.C7H11F2N2O4PS.C7H14.2C2H6.C2H2/c1-18(29-27(33)36-28(2,3)4)26(32)31-14-13-21(17-31)35-25-16-23(19-9-7-6-8-10-19)30-24-15-20(34-5)11-12-22(24)25;1-4-2-6(4,10-3-12)5(13)11-17(14,15)7(8,9)16;1-7-5-3-2-4-6-7;3*1-2/h6-12,15-16,18,21H,13-14,17H2,1-5H3,(H,29,33);3-4H,2,16H2,1H3,(H,10,12)(H,11,13);7H,2-6H2,1H3;2*1-2H3;1-2H/t18?,21-;;;;;/m1...../s1. The summed E-state index contributed by atoms with van der Waals surface area (Å²) in [6.07, 6.45) is 15.8. The van der Waals surface area contributed by atoms with Gasteiger partial charge in [0.2, 0.25) is 12.3 Å². The lowest BCUT2D eigenvalue weighted by Gasteiger charge is -2.24. The highest BCUT2D eigenvalue weighted by Crippen LogP contribution is 2.43. The van der Waals surface area contributed by atoms with Crippen molar-refractivity contribution in [3.05, 3.63) is 54.6 Å². The van der Waals surface area contributed by atoms with Crippen LogP contribution in [0.5, 0.6) is 11.5 Å². The average Bonchev–Trinajstić information content (AvgIpc) is 3.71. The molecule has 3 N–H and O–H groups in total. The third kappa shape index (κ3) is 18.0. The first-order valence-electron chi connectivity index (χ1n) is 22.4. The van der Waals surface area contributed by atoms with Gasteiger partial charge in [0.05, 0.1) is 24.9 Å². The topological polar surface area (TPSA) is 182 Å². The molecule has 2 aromatic carbocycles. The minimum absolute atomic E-state index is 0.166. The number of amides is 4. The van der Waals surface area contributed by atoms with Crippen molar-refractivity contribution in [2.24, 2.45) is 11.8 Å². The first kappa shape index (κ1) is 58.9. The molecule has 66 heavy (non-hydrogen) atoms. The number of fused-ring (bicyclic) bond motifs is 1. The van der Waals surface area contributed by atoms with Crippen molar-refractivity contribution in [1.29, 1.82) is 0 Å². The van der Waals surface area contributed by atoms with Gasteiger partial charge in [-0.25, -0.2) is 14.5 Å². The fourth-order valence-electron chi connectivity index (χ4n) is 6.88. The van der Waals surface area contributed by atoms with Crippen LogP contribution < -0.4 is 24.8 Å². The van der Waals surface area contributed by atoms with E-state index in [1.54, 1.807) is 46.6 Å². The molecule has 5 atom stereocenters. The van der Waals surface area contributed by atoms with E-state index in [0.717, 1.165) is 43.1 Å². The summed E-state index contributed by atoms with van der Waals surface area (Å²) in [6.45, 7) is 19.9. The molecule has 14 nitrogen and oxygen atoms in total. The summed E-state index contributed by atoms with van der Waals surface area (Å²) >= 11 is 0. The quantitative estimate of drug-likeness (QED) is 0.0953. The SMILES string of the molecule is C#C.CC.CC.CC1CC1(NC=O)C(=O)NS(=O)(=O)C(F)(F)P.CC1CCCCC1.COc1ccc2c(O[C@@H]3CCN(C(=O)C(C)NC(=O)OC(C)(C)C)C3)cc(-c3ccccc3)nc2c1. The molecule has 6 rings (SSSR count). The van der Waals surface area contributed by atoms with Crippen molar-refractivity contribution in [2.45, 2.75) is 142 Å². The van der Waals surface area contributed by atoms with E-state index in [1.807, 2.05) is 82.3 Å². The summed E-state index contributed by atoms with van der Waals surface area (Å²) < 4.78 is 65.7. The van der Waals surface area contributed by atoms with Gasteiger partial charge in [0.15, 0.2) is 0 Å². The van der Waals surface area contributed by atoms with E-state index >= 15 is 0 Å². The van der Waals surface area contributed by atoms with Gasteiger partial charge < -0.3 is 29.7 Å². The third-order valence-electron chi connectivity index (χ3n) is 10.4. The summed E-state index contributed by atoms with van der Waals surface area (Å²) in [5, 5.41) is 5.65. The molecule has 1 aliphatic heterocycles. The van der Waals surface area contributed by atoms with E-state index < -0.39 is 44.2 Å². The Balaban J connectivity index is 0.000000598. The number of aromatic nitrogens is 1. The molecule has 3 fully saturated rings. The van der Waals surface area contributed by atoms with Gasteiger partial charge in [-0.05, 0) is 67.3 Å². The van der Waals surface area contributed by atoms with Crippen LogP contribution in [-0.4, -0.2) is 91.1 Å². The smallest absolute Gasteiger partial charge is 0.408 e. The molecule has 0 spiro atoms. The highest BCUT2D eigenvalue weighted by atomic mass is 32.2. The second-order valence-electron chi connectivity index (χ2n) is 16.5. The van der Waals surface area contributed by atoms with Crippen LogP contribution in [0.3, 0.4) is 0 Å². The minimum atomic E-state index is -5.11. The molecule has 1 aromatic heterocycles. The van der Waals surface area contributed by atoms with E-state index in [9.17, 15) is 36.4 Å². The molecular formula is C48H72F2N5O9PS. The van der Waals surface area contributed by atoms with E-state index in [0.29, 0.717) is 25.3 Å². The number of likely N-dealkylation sites (tertiary alicyclic amines) is 1. The van der Waals surface area contributed by atoms with Crippen molar-refractivity contribution in [1.82, 2.24) is 25.2 Å². The van der Waals surface area contributed by atoms with E-state index in [2.05, 4.69) is 30.4 Å². The molecule has 1 saturated heterocycles. The maximum Gasteiger partial charge on any atom is 0.408 e. The Bertz CT molecular complexity index is 2130. The Morgan fingerprint density at radius 1 is 0.970 bits per heavy atom. The molecule has 18 heteroatoms. The molecule has 2 heterocycles. The van der Waals surface area contributed by atoms with Gasteiger partial charge in [-0.1, -0.05) is 104 Å². The molecule has 3 aliphatic rings. The summed E-state index contributed by atoms with van der Waals surface area (Å²) in [5.41, 5.74) is 0.525. The van der Waals surface area contributed by atoms with Crippen LogP contribution in [0.2, 0.25) is 0 Å². The number of pyridine rings is 1. The van der Waals surface area contributed by atoms with Crippen LogP contribution in [0.15, 0.2) is 54.6 Å². The molecule has 2 aliphatic carbocycles. The number of alkyl halides is 2. The number of carbonyl (C=O) groups excluding carboxylic acids is 4. The van der Waals surface area contributed by atoms with Crippen molar-refractivity contribution in [2.75, 3.05) is 20.2 Å². The fourth-order valence-corrected chi connectivity index (χ4v) is 7.62. The van der Waals surface area contributed by atoms with Gasteiger partial charge in [-0.15, -0.1) is 12.8 Å². The molecule has 368 valence electrons. The van der Waals surface area contributed by atoms with Crippen LogP contribution in [0.1, 0.15) is 114 Å². The highest BCUT2D eigenvalue weighted by molar-refractivity contribution is 7.94. The van der Waals surface area contributed by atoms with Crippen LogP contribution in [-0.2, 0) is 29.1 Å². The molecule has 3 aromatic rings. The summed E-state index contributed by atoms with van der Waals surface area (Å²) in [5.74, 6) is 0.839. The predicted octanol–water partition coefficient (Wildman–Crippen LogP) is 9.07. The van der Waals surface area contributed by atoms with Gasteiger partial charge in [-0.2, -0.15) is 17.2 Å². The number of halogens is 2. The summed E-state index contributed by atoms with van der Waals surface area (Å²) in [6, 6.07) is 16.9. The number of hydrogen-bond acceptors (Lipinski definition) is 10. The molecule has 2 saturated carbocycles. The van der Waals surface area contributed by atoms with Crippen molar-refractivity contribution >= 4 is 54.5 Å². The van der Waals surface area contributed by atoms with E-state index in [-0.39, 0.29) is 30.8 Å². The first-order valence-corrected chi connectivity index (χ1v) is 24.4. The van der Waals surface area contributed by atoms with Crippen LogP contribution in [0, 0.1) is 24.7 Å². The van der Waals surface area contributed by atoms with Gasteiger partial charge in [0.25, 0.3) is 5.91 Å². The Morgan fingerprint density at radius 2 is 1.56 bits per heavy atom. The fraction of sp³-hybridized carbons (Fsp3) is 0.562. The number of alkyl carbamates (subject to hydrolysis) is 1. The number of carbonyl (C=O) groups is 4. The second-order valence-corrected chi connectivity index (χ2v) is 19.4. The van der Waals surface area contributed by atoms with Crippen LogP contribution in [0.4, 0.5) is 13.6 Å². The lowest BCUT2D eigenvalue weighted by atomic mass is 9.91. The summed E-state index contributed by atoms with van der Waals surface area (Å²) in [7, 11) is -2.66. The van der Waals surface area contributed by atoms with Gasteiger partial charge in [0.1, 0.15) is 34.8 Å². The van der Waals surface area contributed by atoms with Crippen LogP contribution >= 0.6 is 9.24 Å². The Kier molecular flexibility index (Phi) is 24.6. The second kappa shape index (κ2) is 27.5. The Labute approximate surface area is 393 Å². The Morgan fingerprint density at radius 3 is 2.05 bits per heavy atom. The predicted molar refractivity (Wildman–Crippen MR) is 260 cm³/mol. The average molecular weight is 964 g/mol. The van der Waals surface area contributed by atoms with Gasteiger partial charge >= 0.3 is 21.1 Å². The zero-order valence-corrected chi connectivity index (χ0v) is 42.4. The molecule has 4 amide bonds. The first-order chi connectivity index (χ1) is 31.1. The van der Waals surface area contributed by atoms with Gasteiger partial charge in [-0.3, -0.25) is 14.4 Å². The third-order valence-corrected chi connectivity index (χ3v) is 12.5. The zero-order chi connectivity index (χ0) is 50.5. The number of nitrogens with one attached hydrogen (secondary N) is 3. The molecule has 0 bridgehead atoms. The number of sulfonamides is 1. The molecule has 4 unspecified atom stereocenters. The molecule has 0 radical (unpaired) electrons. The monoisotopic (exact) mass is 963 g/mol. The Hall–Kier alpha value is -5.07. The number of terminal acetylenes is 1. The number of rotatable bonds is 11. The number of ether oxygens (including phenoxy) is 3. The maximum atomic E-state index is 12.9. The number of methoxy groups -OCH3 is 1. The maximum absolute atomic E-state index is 12.9. The lowest BCUT2D eigenvalue weighted by Crippen LogP contribution is -2.51. The van der Waals surface area contributed by atoms with Crippen molar-refractivity contribution < 1.29 is 50.6 Å². The highest BCUT2D eigenvalue weighted by Gasteiger charge is 2.59. The van der Waals surface area contributed by atoms with Crippen molar-refractivity contribution in [3.63, 3.8) is 0 Å². The van der Waals surface area contributed by atoms with Crippen LogP contribution in [0.25, 0.3) is 22.2 Å².